The quantitative estimate of drug-likeness (QED) is 0.753. The molecule has 1 aromatic rings. The summed E-state index contributed by atoms with van der Waals surface area (Å²) in [6.45, 7) is 8.76. The molecule has 0 fully saturated rings. The molecule has 0 aliphatic heterocycles. The number of aliphatic hydroxyl groups is 1. The lowest BCUT2D eigenvalue weighted by Gasteiger charge is -2.33. The molecule has 0 saturated heterocycles. The molecule has 1 rings (SSSR count). The van der Waals surface area contributed by atoms with Crippen molar-refractivity contribution in [1.82, 2.24) is 20.1 Å². The minimum Gasteiger partial charge on any atom is -0.392 e. The number of nitrogens with zero attached hydrogens (tertiary/aromatic N) is 3. The molecule has 0 bridgehead atoms. The van der Waals surface area contributed by atoms with E-state index in [4.69, 9.17) is 0 Å². The Hall–Kier alpha value is -0.940. The van der Waals surface area contributed by atoms with Crippen LogP contribution in [-0.2, 0) is 6.54 Å². The van der Waals surface area contributed by atoms with Gasteiger partial charge in [-0.25, -0.2) is 4.98 Å². The molecule has 2 N–H and O–H groups in total. The SMILES string of the molecule is CC(CCn1cncn1)NC(C)(C)C(C)O. The highest BCUT2D eigenvalue weighted by molar-refractivity contribution is 4.85. The molecule has 1 aromatic heterocycles. The molecule has 2 atom stereocenters. The van der Waals surface area contributed by atoms with Gasteiger partial charge in [0.1, 0.15) is 12.7 Å². The predicted molar refractivity (Wildman–Crippen MR) is 63.0 cm³/mol. The lowest BCUT2D eigenvalue weighted by Crippen LogP contribution is -2.52. The molecule has 0 spiro atoms. The summed E-state index contributed by atoms with van der Waals surface area (Å²) < 4.78 is 1.81. The van der Waals surface area contributed by atoms with E-state index in [1.54, 1.807) is 13.3 Å². The second-order valence-corrected chi connectivity index (χ2v) is 4.89. The van der Waals surface area contributed by atoms with Crippen molar-refractivity contribution >= 4 is 0 Å². The molecule has 16 heavy (non-hydrogen) atoms. The van der Waals surface area contributed by atoms with Gasteiger partial charge in [0.05, 0.1) is 6.10 Å². The molecular formula is C11H22N4O. The summed E-state index contributed by atoms with van der Waals surface area (Å²) in [6.07, 6.45) is 3.84. The van der Waals surface area contributed by atoms with Crippen molar-refractivity contribution in [2.45, 2.75) is 58.3 Å². The van der Waals surface area contributed by atoms with E-state index in [0.717, 1.165) is 13.0 Å². The Bertz CT molecular complexity index is 295. The minimum atomic E-state index is -0.374. The Morgan fingerprint density at radius 1 is 1.44 bits per heavy atom. The number of aromatic nitrogens is 3. The summed E-state index contributed by atoms with van der Waals surface area (Å²) in [5, 5.41) is 17.0. The number of nitrogens with one attached hydrogen (secondary N) is 1. The maximum Gasteiger partial charge on any atom is 0.137 e. The molecule has 0 saturated carbocycles. The first-order valence-electron chi connectivity index (χ1n) is 5.70. The molecule has 0 radical (unpaired) electrons. The van der Waals surface area contributed by atoms with Crippen LogP contribution in [0.4, 0.5) is 0 Å². The van der Waals surface area contributed by atoms with Crippen molar-refractivity contribution in [2.75, 3.05) is 0 Å². The number of aryl methyl sites for hydroxylation is 1. The van der Waals surface area contributed by atoms with E-state index in [1.807, 2.05) is 18.5 Å². The first-order chi connectivity index (χ1) is 7.42. The monoisotopic (exact) mass is 226 g/mol. The van der Waals surface area contributed by atoms with Gasteiger partial charge in [0.2, 0.25) is 0 Å². The zero-order valence-electron chi connectivity index (χ0n) is 10.5. The summed E-state index contributed by atoms with van der Waals surface area (Å²) in [5.41, 5.74) is -0.262. The highest BCUT2D eigenvalue weighted by Crippen LogP contribution is 2.10. The van der Waals surface area contributed by atoms with Crippen LogP contribution in [-0.4, -0.2) is 37.6 Å². The fourth-order valence-electron chi connectivity index (χ4n) is 1.50. The van der Waals surface area contributed by atoms with Gasteiger partial charge in [-0.3, -0.25) is 4.68 Å². The van der Waals surface area contributed by atoms with Crippen LogP contribution in [0.3, 0.4) is 0 Å². The van der Waals surface area contributed by atoms with Gasteiger partial charge >= 0.3 is 0 Å². The number of aliphatic hydroxyl groups excluding tert-OH is 1. The zero-order valence-corrected chi connectivity index (χ0v) is 10.5. The van der Waals surface area contributed by atoms with Gasteiger partial charge in [-0.05, 0) is 34.1 Å². The third-order valence-corrected chi connectivity index (χ3v) is 2.92. The predicted octanol–water partition coefficient (Wildman–Crippen LogP) is 0.806. The van der Waals surface area contributed by atoms with Crippen LogP contribution in [0.1, 0.15) is 34.1 Å². The summed E-state index contributed by atoms with van der Waals surface area (Å²) in [4.78, 5) is 3.89. The minimum absolute atomic E-state index is 0.262. The van der Waals surface area contributed by atoms with Crippen LogP contribution in [0, 0.1) is 0 Å². The number of hydrogen-bond donors (Lipinski definition) is 2. The van der Waals surface area contributed by atoms with Gasteiger partial charge in [0, 0.05) is 18.1 Å². The maximum atomic E-state index is 9.59. The Kier molecular flexibility index (Phi) is 4.44. The Morgan fingerprint density at radius 2 is 2.12 bits per heavy atom. The van der Waals surface area contributed by atoms with E-state index in [-0.39, 0.29) is 11.6 Å². The van der Waals surface area contributed by atoms with Crippen LogP contribution in [0.25, 0.3) is 0 Å². The molecule has 0 aliphatic rings. The molecule has 92 valence electrons. The average molecular weight is 226 g/mol. The molecule has 0 aromatic carbocycles. The highest BCUT2D eigenvalue weighted by atomic mass is 16.3. The molecule has 5 heteroatoms. The maximum absolute atomic E-state index is 9.59. The van der Waals surface area contributed by atoms with Crippen molar-refractivity contribution in [3.05, 3.63) is 12.7 Å². The van der Waals surface area contributed by atoms with Crippen molar-refractivity contribution in [3.8, 4) is 0 Å². The molecule has 0 aliphatic carbocycles. The first kappa shape index (κ1) is 13.1. The summed E-state index contributed by atoms with van der Waals surface area (Å²) in [6, 6.07) is 0.328. The summed E-state index contributed by atoms with van der Waals surface area (Å²) in [5.74, 6) is 0. The lowest BCUT2D eigenvalue weighted by atomic mass is 9.97. The van der Waals surface area contributed by atoms with E-state index in [1.165, 1.54) is 6.33 Å². The van der Waals surface area contributed by atoms with Gasteiger partial charge in [-0.15, -0.1) is 0 Å². The van der Waals surface area contributed by atoms with Crippen LogP contribution >= 0.6 is 0 Å². The fourth-order valence-corrected chi connectivity index (χ4v) is 1.50. The summed E-state index contributed by atoms with van der Waals surface area (Å²) >= 11 is 0. The fraction of sp³-hybridized carbons (Fsp3) is 0.818. The molecular weight excluding hydrogens is 204 g/mol. The molecule has 5 nitrogen and oxygen atoms in total. The molecule has 0 amide bonds. The third kappa shape index (κ3) is 3.90. The van der Waals surface area contributed by atoms with Crippen molar-refractivity contribution in [2.24, 2.45) is 0 Å². The summed E-state index contributed by atoms with van der Waals surface area (Å²) in [7, 11) is 0. The van der Waals surface area contributed by atoms with Crippen molar-refractivity contribution in [1.29, 1.82) is 0 Å². The van der Waals surface area contributed by atoms with Gasteiger partial charge in [-0.1, -0.05) is 0 Å². The second kappa shape index (κ2) is 5.41. The molecule has 2 unspecified atom stereocenters. The Labute approximate surface area is 96.9 Å². The third-order valence-electron chi connectivity index (χ3n) is 2.92. The smallest absolute Gasteiger partial charge is 0.137 e. The number of rotatable bonds is 6. The van der Waals surface area contributed by atoms with Crippen molar-refractivity contribution < 1.29 is 5.11 Å². The molecule has 1 heterocycles. The van der Waals surface area contributed by atoms with Gasteiger partial charge in [0.25, 0.3) is 0 Å². The van der Waals surface area contributed by atoms with E-state index >= 15 is 0 Å². The normalized spacial score (nSPS) is 16.1. The van der Waals surface area contributed by atoms with Crippen LogP contribution in [0.2, 0.25) is 0 Å². The van der Waals surface area contributed by atoms with Crippen LogP contribution < -0.4 is 5.32 Å². The Balaban J connectivity index is 2.33. The Morgan fingerprint density at radius 3 is 2.62 bits per heavy atom. The average Bonchev–Trinajstić information content (AvgIpc) is 2.66. The van der Waals surface area contributed by atoms with Crippen LogP contribution in [0.5, 0.6) is 0 Å². The highest BCUT2D eigenvalue weighted by Gasteiger charge is 2.25. The largest absolute Gasteiger partial charge is 0.392 e. The topological polar surface area (TPSA) is 63.0 Å². The first-order valence-corrected chi connectivity index (χ1v) is 5.70. The zero-order chi connectivity index (χ0) is 12.2. The lowest BCUT2D eigenvalue weighted by molar-refractivity contribution is 0.0880. The van der Waals surface area contributed by atoms with E-state index in [0.29, 0.717) is 6.04 Å². The van der Waals surface area contributed by atoms with E-state index < -0.39 is 0 Å². The van der Waals surface area contributed by atoms with E-state index in [2.05, 4.69) is 22.3 Å². The van der Waals surface area contributed by atoms with Gasteiger partial charge in [0.15, 0.2) is 0 Å². The number of hydrogen-bond acceptors (Lipinski definition) is 4. The van der Waals surface area contributed by atoms with E-state index in [9.17, 15) is 5.11 Å². The standard InChI is InChI=1S/C11H22N4O/c1-9(14-11(3,4)10(2)16)5-6-15-8-12-7-13-15/h7-10,14,16H,5-6H2,1-4H3. The van der Waals surface area contributed by atoms with Crippen molar-refractivity contribution in [3.63, 3.8) is 0 Å². The second-order valence-electron chi connectivity index (χ2n) is 4.89. The van der Waals surface area contributed by atoms with Gasteiger partial charge < -0.3 is 10.4 Å². The van der Waals surface area contributed by atoms with Gasteiger partial charge in [-0.2, -0.15) is 5.10 Å². The van der Waals surface area contributed by atoms with Crippen LogP contribution in [0.15, 0.2) is 12.7 Å².